The maximum Gasteiger partial charge on any atom is 0.407 e. The van der Waals surface area contributed by atoms with E-state index in [1.54, 1.807) is 30.2 Å². The van der Waals surface area contributed by atoms with Crippen LogP contribution in [0.2, 0.25) is 0 Å². The first kappa shape index (κ1) is 16.2. The zero-order valence-corrected chi connectivity index (χ0v) is 12.7. The number of rotatable bonds is 4. The molecule has 7 nitrogen and oxygen atoms in total. The molecule has 2 rings (SSSR count). The largest absolute Gasteiger partial charge is 0.450 e. The zero-order valence-electron chi connectivity index (χ0n) is 12.7. The summed E-state index contributed by atoms with van der Waals surface area (Å²) in [7, 11) is 0. The molecule has 7 heteroatoms. The lowest BCUT2D eigenvalue weighted by Crippen LogP contribution is -2.45. The SMILES string of the molecule is CCOC(=O)NCc1cc(C(=O)N2CCCC(N)C2)ccn1. The second-order valence-corrected chi connectivity index (χ2v) is 5.26. The fraction of sp³-hybridized carbons (Fsp3) is 0.533. The summed E-state index contributed by atoms with van der Waals surface area (Å²) in [4.78, 5) is 29.7. The Hall–Kier alpha value is -2.15. The van der Waals surface area contributed by atoms with Gasteiger partial charge in [-0.3, -0.25) is 9.78 Å². The summed E-state index contributed by atoms with van der Waals surface area (Å²) in [5, 5.41) is 2.58. The third-order valence-corrected chi connectivity index (χ3v) is 3.50. The van der Waals surface area contributed by atoms with Crippen molar-refractivity contribution in [1.29, 1.82) is 0 Å². The number of amides is 2. The van der Waals surface area contributed by atoms with E-state index in [1.807, 2.05) is 0 Å². The van der Waals surface area contributed by atoms with Crippen LogP contribution in [-0.2, 0) is 11.3 Å². The van der Waals surface area contributed by atoms with E-state index in [4.69, 9.17) is 10.5 Å². The molecule has 1 aliphatic rings. The number of piperidine rings is 1. The highest BCUT2D eigenvalue weighted by Crippen LogP contribution is 2.13. The molecule has 0 aromatic carbocycles. The van der Waals surface area contributed by atoms with E-state index in [9.17, 15) is 9.59 Å². The van der Waals surface area contributed by atoms with Gasteiger partial charge < -0.3 is 20.7 Å². The van der Waals surface area contributed by atoms with Gasteiger partial charge in [-0.2, -0.15) is 0 Å². The molecule has 0 aliphatic carbocycles. The number of hydrogen-bond acceptors (Lipinski definition) is 5. The smallest absolute Gasteiger partial charge is 0.407 e. The van der Waals surface area contributed by atoms with Gasteiger partial charge in [-0.05, 0) is 31.9 Å². The first-order valence-corrected chi connectivity index (χ1v) is 7.50. The summed E-state index contributed by atoms with van der Waals surface area (Å²) in [5.74, 6) is -0.0464. The van der Waals surface area contributed by atoms with Gasteiger partial charge in [0.2, 0.25) is 0 Å². The monoisotopic (exact) mass is 306 g/mol. The second-order valence-electron chi connectivity index (χ2n) is 5.26. The van der Waals surface area contributed by atoms with Crippen molar-refractivity contribution >= 4 is 12.0 Å². The molecule has 0 radical (unpaired) electrons. The molecule has 1 aromatic rings. The lowest BCUT2D eigenvalue weighted by atomic mass is 10.1. The standard InChI is InChI=1S/C15H22N4O3/c1-2-22-15(21)18-9-13-8-11(5-6-17-13)14(20)19-7-3-4-12(16)10-19/h5-6,8,12H,2-4,7,9-10,16H2,1H3,(H,18,21). The number of nitrogens with zero attached hydrogens (tertiary/aromatic N) is 2. The molecule has 1 unspecified atom stereocenters. The number of carbonyl (C=O) groups is 2. The van der Waals surface area contributed by atoms with Gasteiger partial charge in [0.05, 0.1) is 18.8 Å². The molecule has 2 heterocycles. The predicted octanol–water partition coefficient (Wildman–Crippen LogP) is 0.891. The molecular weight excluding hydrogens is 284 g/mol. The molecular formula is C15H22N4O3. The fourth-order valence-electron chi connectivity index (χ4n) is 2.43. The van der Waals surface area contributed by atoms with Crippen molar-refractivity contribution in [1.82, 2.24) is 15.2 Å². The normalized spacial score (nSPS) is 17.9. The molecule has 22 heavy (non-hydrogen) atoms. The maximum absolute atomic E-state index is 12.5. The fourth-order valence-corrected chi connectivity index (χ4v) is 2.43. The predicted molar refractivity (Wildman–Crippen MR) is 81.2 cm³/mol. The van der Waals surface area contributed by atoms with Crippen molar-refractivity contribution < 1.29 is 14.3 Å². The minimum absolute atomic E-state index is 0.0458. The zero-order chi connectivity index (χ0) is 15.9. The van der Waals surface area contributed by atoms with Crippen LogP contribution in [0.1, 0.15) is 35.8 Å². The minimum atomic E-state index is -0.497. The van der Waals surface area contributed by atoms with E-state index in [0.29, 0.717) is 24.4 Å². The number of alkyl carbamates (subject to hydrolysis) is 1. The Morgan fingerprint density at radius 2 is 2.36 bits per heavy atom. The van der Waals surface area contributed by atoms with Crippen LogP contribution in [0.25, 0.3) is 0 Å². The van der Waals surface area contributed by atoms with Crippen LogP contribution in [-0.4, -0.2) is 47.6 Å². The summed E-state index contributed by atoms with van der Waals surface area (Å²) in [6.45, 7) is 3.58. The molecule has 1 aromatic heterocycles. The molecule has 1 aliphatic heterocycles. The summed E-state index contributed by atoms with van der Waals surface area (Å²) < 4.78 is 4.78. The number of hydrogen-bond donors (Lipinski definition) is 2. The lowest BCUT2D eigenvalue weighted by Gasteiger charge is -2.30. The van der Waals surface area contributed by atoms with E-state index >= 15 is 0 Å². The van der Waals surface area contributed by atoms with Gasteiger partial charge in [0, 0.05) is 30.9 Å². The van der Waals surface area contributed by atoms with Crippen molar-refractivity contribution in [3.63, 3.8) is 0 Å². The summed E-state index contributed by atoms with van der Waals surface area (Å²) in [6, 6.07) is 3.41. The highest BCUT2D eigenvalue weighted by molar-refractivity contribution is 5.94. The highest BCUT2D eigenvalue weighted by Gasteiger charge is 2.22. The Balaban J connectivity index is 1.98. The van der Waals surface area contributed by atoms with Crippen molar-refractivity contribution in [2.75, 3.05) is 19.7 Å². The molecule has 0 bridgehead atoms. The van der Waals surface area contributed by atoms with Crippen LogP contribution in [0.15, 0.2) is 18.3 Å². The highest BCUT2D eigenvalue weighted by atomic mass is 16.5. The molecule has 2 amide bonds. The Labute approximate surface area is 129 Å². The molecule has 1 atom stereocenters. The summed E-state index contributed by atoms with van der Waals surface area (Å²) in [5.41, 5.74) is 7.08. The number of nitrogens with two attached hydrogens (primary N) is 1. The Bertz CT molecular complexity index is 535. The van der Waals surface area contributed by atoms with Crippen molar-refractivity contribution in [3.05, 3.63) is 29.6 Å². The van der Waals surface area contributed by atoms with Crippen LogP contribution in [0.3, 0.4) is 0 Å². The van der Waals surface area contributed by atoms with Crippen molar-refractivity contribution in [2.24, 2.45) is 5.73 Å². The average molecular weight is 306 g/mol. The third-order valence-electron chi connectivity index (χ3n) is 3.50. The van der Waals surface area contributed by atoms with Crippen LogP contribution >= 0.6 is 0 Å². The van der Waals surface area contributed by atoms with Gasteiger partial charge in [-0.1, -0.05) is 0 Å². The van der Waals surface area contributed by atoms with E-state index in [-0.39, 0.29) is 18.5 Å². The van der Waals surface area contributed by atoms with Crippen LogP contribution in [0.5, 0.6) is 0 Å². The third kappa shape index (κ3) is 4.42. The quantitative estimate of drug-likeness (QED) is 0.861. The van der Waals surface area contributed by atoms with Gasteiger partial charge in [0.25, 0.3) is 5.91 Å². The van der Waals surface area contributed by atoms with Gasteiger partial charge >= 0.3 is 6.09 Å². The van der Waals surface area contributed by atoms with Crippen LogP contribution < -0.4 is 11.1 Å². The molecule has 0 saturated carbocycles. The molecule has 1 saturated heterocycles. The van der Waals surface area contributed by atoms with Crippen molar-refractivity contribution in [3.8, 4) is 0 Å². The molecule has 3 N–H and O–H groups in total. The molecule has 0 spiro atoms. The average Bonchev–Trinajstić information content (AvgIpc) is 2.53. The first-order valence-electron chi connectivity index (χ1n) is 7.50. The number of aromatic nitrogens is 1. The van der Waals surface area contributed by atoms with Gasteiger partial charge in [-0.15, -0.1) is 0 Å². The van der Waals surface area contributed by atoms with E-state index in [0.717, 1.165) is 19.4 Å². The minimum Gasteiger partial charge on any atom is -0.450 e. The van der Waals surface area contributed by atoms with Gasteiger partial charge in [0.1, 0.15) is 0 Å². The van der Waals surface area contributed by atoms with E-state index in [1.165, 1.54) is 0 Å². The number of likely N-dealkylation sites (tertiary alicyclic amines) is 1. The number of pyridine rings is 1. The second kappa shape index (κ2) is 7.74. The Kier molecular flexibility index (Phi) is 5.71. The molecule has 120 valence electrons. The Morgan fingerprint density at radius 3 is 3.09 bits per heavy atom. The van der Waals surface area contributed by atoms with E-state index < -0.39 is 6.09 Å². The van der Waals surface area contributed by atoms with Crippen LogP contribution in [0.4, 0.5) is 4.79 Å². The summed E-state index contributed by atoms with van der Waals surface area (Å²) >= 11 is 0. The first-order chi connectivity index (χ1) is 10.6. The van der Waals surface area contributed by atoms with Gasteiger partial charge in [-0.25, -0.2) is 4.79 Å². The number of nitrogens with one attached hydrogen (secondary N) is 1. The Morgan fingerprint density at radius 1 is 1.55 bits per heavy atom. The summed E-state index contributed by atoms with van der Waals surface area (Å²) in [6.07, 6.45) is 2.95. The van der Waals surface area contributed by atoms with Gasteiger partial charge in [0.15, 0.2) is 0 Å². The maximum atomic E-state index is 12.5. The van der Waals surface area contributed by atoms with Crippen LogP contribution in [0, 0.1) is 0 Å². The van der Waals surface area contributed by atoms with Crippen molar-refractivity contribution in [2.45, 2.75) is 32.4 Å². The number of carbonyl (C=O) groups excluding carboxylic acids is 2. The number of ether oxygens (including phenoxy) is 1. The molecule has 1 fully saturated rings. The topological polar surface area (TPSA) is 97.5 Å². The lowest BCUT2D eigenvalue weighted by molar-refractivity contribution is 0.0708. The van der Waals surface area contributed by atoms with E-state index in [2.05, 4.69) is 10.3 Å².